The molecule has 0 fully saturated rings. The molecule has 16 heavy (non-hydrogen) atoms. The standard InChI is InChI=1S/C10H10F3NO.ClH/c1-14-8-5-15-9-4-6(10(11,12)13)2-3-7(8)9;/h2-4,8,14H,5H2,1H3;1H. The van der Waals surface area contributed by atoms with Gasteiger partial charge in [-0.1, -0.05) is 6.07 Å². The van der Waals surface area contributed by atoms with Crippen LogP contribution in [0.2, 0.25) is 0 Å². The third-order valence-electron chi connectivity index (χ3n) is 2.47. The van der Waals surface area contributed by atoms with Crippen LogP contribution in [0.4, 0.5) is 13.2 Å². The number of hydrogen-bond donors (Lipinski definition) is 1. The summed E-state index contributed by atoms with van der Waals surface area (Å²) in [5.74, 6) is 0.323. The highest BCUT2D eigenvalue weighted by atomic mass is 35.5. The van der Waals surface area contributed by atoms with Gasteiger partial charge in [0, 0.05) is 5.56 Å². The maximum atomic E-state index is 12.4. The van der Waals surface area contributed by atoms with Gasteiger partial charge >= 0.3 is 6.18 Å². The lowest BCUT2D eigenvalue weighted by molar-refractivity contribution is -0.137. The second kappa shape index (κ2) is 4.51. The first-order chi connectivity index (χ1) is 7.02. The fourth-order valence-corrected chi connectivity index (χ4v) is 1.63. The molecule has 1 aromatic carbocycles. The minimum Gasteiger partial charge on any atom is -0.491 e. The average Bonchev–Trinajstić information content (AvgIpc) is 2.58. The number of nitrogens with one attached hydrogen (secondary N) is 1. The summed E-state index contributed by atoms with van der Waals surface area (Å²) in [5.41, 5.74) is 0.114. The molecule has 2 nitrogen and oxygen atoms in total. The van der Waals surface area contributed by atoms with E-state index in [4.69, 9.17) is 4.74 Å². The van der Waals surface area contributed by atoms with Crippen molar-refractivity contribution in [3.63, 3.8) is 0 Å². The summed E-state index contributed by atoms with van der Waals surface area (Å²) in [6.07, 6.45) is -4.31. The highest BCUT2D eigenvalue weighted by Gasteiger charge is 2.33. The Labute approximate surface area is 97.2 Å². The van der Waals surface area contributed by atoms with E-state index in [1.54, 1.807) is 7.05 Å². The van der Waals surface area contributed by atoms with Crippen LogP contribution >= 0.6 is 12.4 Å². The zero-order valence-electron chi connectivity index (χ0n) is 8.47. The number of benzene rings is 1. The number of hydrogen-bond acceptors (Lipinski definition) is 2. The molecule has 1 aliphatic heterocycles. The Morgan fingerprint density at radius 1 is 1.38 bits per heavy atom. The van der Waals surface area contributed by atoms with Crippen molar-refractivity contribution in [2.24, 2.45) is 0 Å². The maximum absolute atomic E-state index is 12.4. The van der Waals surface area contributed by atoms with Crippen LogP contribution in [0.3, 0.4) is 0 Å². The number of halogens is 4. The van der Waals surface area contributed by atoms with Crippen molar-refractivity contribution in [1.29, 1.82) is 0 Å². The number of rotatable bonds is 1. The summed E-state index contributed by atoms with van der Waals surface area (Å²) >= 11 is 0. The Bertz CT molecular complexity index is 381. The molecule has 0 saturated carbocycles. The van der Waals surface area contributed by atoms with Crippen LogP contribution < -0.4 is 10.1 Å². The molecule has 0 saturated heterocycles. The Hall–Kier alpha value is -0.940. The molecule has 1 unspecified atom stereocenters. The molecular formula is C10H11ClF3NO. The largest absolute Gasteiger partial charge is 0.491 e. The Morgan fingerprint density at radius 3 is 2.62 bits per heavy atom. The van der Waals surface area contributed by atoms with Gasteiger partial charge in [0.1, 0.15) is 12.4 Å². The molecule has 0 amide bonds. The van der Waals surface area contributed by atoms with Crippen LogP contribution in [0.25, 0.3) is 0 Å². The van der Waals surface area contributed by atoms with Gasteiger partial charge in [0.25, 0.3) is 0 Å². The molecule has 90 valence electrons. The van der Waals surface area contributed by atoms with Crippen LogP contribution in [0.5, 0.6) is 5.75 Å². The van der Waals surface area contributed by atoms with Gasteiger partial charge < -0.3 is 10.1 Å². The molecule has 0 aromatic heterocycles. The molecule has 0 aliphatic carbocycles. The fraction of sp³-hybridized carbons (Fsp3) is 0.400. The van der Waals surface area contributed by atoms with E-state index in [1.165, 1.54) is 6.07 Å². The smallest absolute Gasteiger partial charge is 0.416 e. The average molecular weight is 254 g/mol. The van der Waals surface area contributed by atoms with E-state index >= 15 is 0 Å². The van der Waals surface area contributed by atoms with Gasteiger partial charge in [0.2, 0.25) is 0 Å². The van der Waals surface area contributed by atoms with Crippen LogP contribution in [0, 0.1) is 0 Å². The molecule has 1 aliphatic rings. The minimum absolute atomic E-state index is 0. The zero-order chi connectivity index (χ0) is 11.1. The van der Waals surface area contributed by atoms with E-state index in [2.05, 4.69) is 5.32 Å². The molecule has 0 radical (unpaired) electrons. The van der Waals surface area contributed by atoms with Crippen molar-refractivity contribution in [3.05, 3.63) is 29.3 Å². The van der Waals surface area contributed by atoms with Gasteiger partial charge in [0.15, 0.2) is 0 Å². The Balaban J connectivity index is 0.00000128. The van der Waals surface area contributed by atoms with Gasteiger partial charge in [-0.3, -0.25) is 0 Å². The monoisotopic (exact) mass is 253 g/mol. The summed E-state index contributed by atoms with van der Waals surface area (Å²) < 4.78 is 42.3. The molecule has 2 rings (SSSR count). The molecule has 1 heterocycles. The van der Waals surface area contributed by atoms with Crippen molar-refractivity contribution in [2.75, 3.05) is 13.7 Å². The van der Waals surface area contributed by atoms with Crippen molar-refractivity contribution < 1.29 is 17.9 Å². The minimum atomic E-state index is -4.31. The lowest BCUT2D eigenvalue weighted by Gasteiger charge is -2.09. The highest BCUT2D eigenvalue weighted by molar-refractivity contribution is 5.85. The van der Waals surface area contributed by atoms with Crippen LogP contribution in [-0.2, 0) is 6.18 Å². The Kier molecular flexibility index (Phi) is 3.70. The molecule has 6 heteroatoms. The van der Waals surface area contributed by atoms with E-state index in [1.807, 2.05) is 0 Å². The maximum Gasteiger partial charge on any atom is 0.416 e. The van der Waals surface area contributed by atoms with Crippen molar-refractivity contribution in [2.45, 2.75) is 12.2 Å². The van der Waals surface area contributed by atoms with Gasteiger partial charge in [0.05, 0.1) is 11.6 Å². The first kappa shape index (κ1) is 13.1. The third-order valence-corrected chi connectivity index (χ3v) is 2.47. The second-order valence-corrected chi connectivity index (χ2v) is 3.40. The number of fused-ring (bicyclic) bond motifs is 1. The van der Waals surface area contributed by atoms with Gasteiger partial charge in [-0.15, -0.1) is 12.4 Å². The summed E-state index contributed by atoms with van der Waals surface area (Å²) in [4.78, 5) is 0. The molecule has 1 N–H and O–H groups in total. The van der Waals surface area contributed by atoms with Gasteiger partial charge in [-0.2, -0.15) is 13.2 Å². The van der Waals surface area contributed by atoms with E-state index in [-0.39, 0.29) is 18.4 Å². The first-order valence-corrected chi connectivity index (χ1v) is 4.53. The predicted molar refractivity (Wildman–Crippen MR) is 56.0 cm³/mol. The summed E-state index contributed by atoms with van der Waals surface area (Å²) in [7, 11) is 1.75. The van der Waals surface area contributed by atoms with Gasteiger partial charge in [-0.05, 0) is 19.2 Å². The topological polar surface area (TPSA) is 21.3 Å². The number of alkyl halides is 3. The summed E-state index contributed by atoms with van der Waals surface area (Å²) in [6.45, 7) is 0.382. The van der Waals surface area contributed by atoms with Crippen LogP contribution in [0.1, 0.15) is 17.2 Å². The highest BCUT2D eigenvalue weighted by Crippen LogP contribution is 2.37. The molecule has 1 atom stereocenters. The van der Waals surface area contributed by atoms with Crippen molar-refractivity contribution in [3.8, 4) is 5.75 Å². The van der Waals surface area contributed by atoms with E-state index in [0.29, 0.717) is 12.4 Å². The lowest BCUT2D eigenvalue weighted by Crippen LogP contribution is -2.17. The zero-order valence-corrected chi connectivity index (χ0v) is 9.28. The Morgan fingerprint density at radius 2 is 2.06 bits per heavy atom. The van der Waals surface area contributed by atoms with E-state index in [9.17, 15) is 13.2 Å². The van der Waals surface area contributed by atoms with E-state index < -0.39 is 11.7 Å². The normalized spacial score (nSPS) is 18.6. The molecule has 0 spiro atoms. The first-order valence-electron chi connectivity index (χ1n) is 4.53. The van der Waals surface area contributed by atoms with Crippen molar-refractivity contribution >= 4 is 12.4 Å². The van der Waals surface area contributed by atoms with Crippen molar-refractivity contribution in [1.82, 2.24) is 5.32 Å². The number of likely N-dealkylation sites (N-methyl/N-ethyl adjacent to an activating group) is 1. The number of ether oxygens (including phenoxy) is 1. The second-order valence-electron chi connectivity index (χ2n) is 3.40. The van der Waals surface area contributed by atoms with Gasteiger partial charge in [-0.25, -0.2) is 0 Å². The predicted octanol–water partition coefficient (Wildman–Crippen LogP) is 2.78. The molecular weight excluding hydrogens is 243 g/mol. The summed E-state index contributed by atoms with van der Waals surface area (Å²) in [6, 6.07) is 3.58. The van der Waals surface area contributed by atoms with Crippen LogP contribution in [-0.4, -0.2) is 13.7 Å². The third kappa shape index (κ3) is 2.25. The molecule has 1 aromatic rings. The lowest BCUT2D eigenvalue weighted by atomic mass is 10.1. The quantitative estimate of drug-likeness (QED) is 0.831. The molecule has 0 bridgehead atoms. The summed E-state index contributed by atoms with van der Waals surface area (Å²) in [5, 5.41) is 2.97. The SMILES string of the molecule is CNC1COc2cc(C(F)(F)F)ccc21.Cl. The van der Waals surface area contributed by atoms with Crippen LogP contribution in [0.15, 0.2) is 18.2 Å². The van der Waals surface area contributed by atoms with E-state index in [0.717, 1.165) is 17.7 Å². The fourth-order valence-electron chi connectivity index (χ4n) is 1.63.